The minimum Gasteiger partial charge on any atom is -0.340 e. The summed E-state index contributed by atoms with van der Waals surface area (Å²) < 4.78 is 0. The number of fused-ring (bicyclic) bond motifs is 6. The second-order valence-electron chi connectivity index (χ2n) is 12.4. The lowest BCUT2D eigenvalue weighted by Gasteiger charge is -2.23. The monoisotopic (exact) mass is 580 g/mol. The quantitative estimate of drug-likeness (QED) is 0.199. The maximum atomic E-state index is 5.17. The van der Waals surface area contributed by atoms with Crippen LogP contribution in [0.1, 0.15) is 64.8 Å². The summed E-state index contributed by atoms with van der Waals surface area (Å²) in [6.45, 7) is 6.46. The lowest BCUT2D eigenvalue weighted by Crippen LogP contribution is -2.28. The van der Waals surface area contributed by atoms with Crippen LogP contribution in [0.2, 0.25) is 0 Å². The van der Waals surface area contributed by atoms with Crippen molar-refractivity contribution in [3.63, 3.8) is 0 Å². The van der Waals surface area contributed by atoms with E-state index < -0.39 is 0 Å². The molecule has 2 heteroatoms. The molecule has 4 aromatic carbocycles. The molecule has 4 aromatic rings. The average Bonchev–Trinajstić information content (AvgIpc) is 3.67. The Hall–Kier alpha value is -5.21. The van der Waals surface area contributed by atoms with Gasteiger partial charge in [0.15, 0.2) is 0 Å². The van der Waals surface area contributed by atoms with Gasteiger partial charge in [-0.2, -0.15) is 0 Å². The van der Waals surface area contributed by atoms with Gasteiger partial charge in [0, 0.05) is 11.3 Å². The summed E-state index contributed by atoms with van der Waals surface area (Å²) in [6.07, 6.45) is 17.6. The molecule has 218 valence electrons. The van der Waals surface area contributed by atoms with Crippen molar-refractivity contribution in [2.24, 2.45) is 4.99 Å². The Morgan fingerprint density at radius 3 is 2.47 bits per heavy atom. The van der Waals surface area contributed by atoms with Crippen molar-refractivity contribution < 1.29 is 0 Å². The average molecular weight is 581 g/mol. The van der Waals surface area contributed by atoms with Crippen molar-refractivity contribution >= 4 is 22.7 Å². The molecule has 45 heavy (non-hydrogen) atoms. The first-order chi connectivity index (χ1) is 22.2. The van der Waals surface area contributed by atoms with Crippen molar-refractivity contribution in [1.29, 1.82) is 0 Å². The third kappa shape index (κ3) is 4.87. The van der Waals surface area contributed by atoms with Gasteiger partial charge in [0.2, 0.25) is 0 Å². The van der Waals surface area contributed by atoms with Gasteiger partial charge in [0.05, 0.1) is 6.04 Å². The van der Waals surface area contributed by atoms with E-state index in [1.54, 1.807) is 5.57 Å². The highest BCUT2D eigenvalue weighted by molar-refractivity contribution is 6.07. The largest absolute Gasteiger partial charge is 0.340 e. The highest BCUT2D eigenvalue weighted by atomic mass is 15.0. The van der Waals surface area contributed by atoms with Crippen LogP contribution in [0.4, 0.5) is 0 Å². The number of allylic oxidation sites excluding steroid dienone is 7. The molecule has 0 spiro atoms. The molecule has 1 atom stereocenters. The summed E-state index contributed by atoms with van der Waals surface area (Å²) in [6, 6.07) is 32.3. The summed E-state index contributed by atoms with van der Waals surface area (Å²) in [7, 11) is 0. The Morgan fingerprint density at radius 2 is 1.64 bits per heavy atom. The van der Waals surface area contributed by atoms with E-state index in [0.717, 1.165) is 48.4 Å². The zero-order valence-electron chi connectivity index (χ0n) is 25.7. The molecule has 0 aromatic heterocycles. The standard InChI is InChI=1S/C43H36N2/c1-3-29(43-44-39(30-14-6-4-7-15-30)27-40(45-43)31-16-8-5-9-17-31)23-22-28(2)37-26-34-24-32-18-10-12-20-35(32)41(34)42-36-21-13-11-19-33(36)25-38(37)42/h3-10,12-18,20-23,26-27,39H,1,11,19,24-25H2,2H3,(H,44,45)/b28-22+,29-23+. The fourth-order valence-electron chi connectivity index (χ4n) is 7.39. The van der Waals surface area contributed by atoms with E-state index in [-0.39, 0.29) is 6.04 Å². The number of hydrogen-bond acceptors (Lipinski definition) is 2. The summed E-state index contributed by atoms with van der Waals surface area (Å²) in [4.78, 5) is 5.17. The van der Waals surface area contributed by atoms with Crippen molar-refractivity contribution in [3.05, 3.63) is 184 Å². The van der Waals surface area contributed by atoms with Gasteiger partial charge in [0.1, 0.15) is 5.84 Å². The maximum Gasteiger partial charge on any atom is 0.133 e. The van der Waals surface area contributed by atoms with Gasteiger partial charge in [-0.3, -0.25) is 4.99 Å². The number of amidine groups is 1. The zero-order valence-corrected chi connectivity index (χ0v) is 25.7. The Morgan fingerprint density at radius 1 is 0.867 bits per heavy atom. The molecule has 0 radical (unpaired) electrons. The van der Waals surface area contributed by atoms with Crippen LogP contribution in [0.15, 0.2) is 150 Å². The summed E-state index contributed by atoms with van der Waals surface area (Å²) in [5.41, 5.74) is 18.7. The molecule has 1 N–H and O–H groups in total. The third-order valence-electron chi connectivity index (χ3n) is 9.62. The molecule has 2 nitrogen and oxygen atoms in total. The van der Waals surface area contributed by atoms with Gasteiger partial charge < -0.3 is 5.32 Å². The normalized spacial score (nSPS) is 18.4. The molecule has 4 aliphatic rings. The van der Waals surface area contributed by atoms with E-state index in [1.165, 1.54) is 55.7 Å². The van der Waals surface area contributed by atoms with Crippen LogP contribution in [0.25, 0.3) is 28.0 Å². The minimum absolute atomic E-state index is 0.0851. The number of benzene rings is 4. The molecule has 0 amide bonds. The first-order valence-electron chi connectivity index (χ1n) is 16.0. The maximum absolute atomic E-state index is 5.17. The highest BCUT2D eigenvalue weighted by Gasteiger charge is 2.32. The van der Waals surface area contributed by atoms with Crippen molar-refractivity contribution in [2.45, 2.75) is 38.6 Å². The molecule has 0 bridgehead atoms. The SMILES string of the molecule is C=C/C(=C\C=C(/C)c1cc2c(c3c1CC1=C3C=CCC1)-c1ccccc1C2)C1=NC(c2ccccc2)C=C(c2ccccc2)N1. The molecule has 1 heterocycles. The lowest BCUT2D eigenvalue weighted by atomic mass is 9.87. The number of rotatable bonds is 6. The summed E-state index contributed by atoms with van der Waals surface area (Å²) in [5, 5.41) is 3.63. The molecule has 0 saturated heterocycles. The first kappa shape index (κ1) is 27.3. The van der Waals surface area contributed by atoms with Crippen LogP contribution in [-0.4, -0.2) is 5.84 Å². The Labute approximate surface area is 266 Å². The van der Waals surface area contributed by atoms with Crippen LogP contribution < -0.4 is 5.32 Å². The van der Waals surface area contributed by atoms with Crippen molar-refractivity contribution in [3.8, 4) is 11.1 Å². The first-order valence-corrected chi connectivity index (χ1v) is 16.0. The van der Waals surface area contributed by atoms with E-state index in [1.807, 2.05) is 6.08 Å². The van der Waals surface area contributed by atoms with E-state index >= 15 is 0 Å². The molecule has 8 rings (SSSR count). The highest BCUT2D eigenvalue weighted by Crippen LogP contribution is 2.51. The smallest absolute Gasteiger partial charge is 0.133 e. The van der Waals surface area contributed by atoms with Crippen LogP contribution in [0, 0.1) is 0 Å². The molecule has 3 aliphatic carbocycles. The fourth-order valence-corrected chi connectivity index (χ4v) is 7.39. The van der Waals surface area contributed by atoms with Gasteiger partial charge in [-0.15, -0.1) is 0 Å². The summed E-state index contributed by atoms with van der Waals surface area (Å²) >= 11 is 0. The van der Waals surface area contributed by atoms with E-state index in [2.05, 4.69) is 140 Å². The second-order valence-corrected chi connectivity index (χ2v) is 12.4. The van der Waals surface area contributed by atoms with Gasteiger partial charge in [0.25, 0.3) is 0 Å². The third-order valence-corrected chi connectivity index (χ3v) is 9.62. The molecular formula is C43H36N2. The topological polar surface area (TPSA) is 24.4 Å². The molecular weight excluding hydrogens is 544 g/mol. The van der Waals surface area contributed by atoms with Crippen LogP contribution in [0.5, 0.6) is 0 Å². The number of nitrogens with one attached hydrogen (secondary N) is 1. The van der Waals surface area contributed by atoms with E-state index in [0.29, 0.717) is 0 Å². The van der Waals surface area contributed by atoms with Crippen LogP contribution in [-0.2, 0) is 12.8 Å². The zero-order chi connectivity index (χ0) is 30.3. The Bertz CT molecular complexity index is 2030. The predicted octanol–water partition coefficient (Wildman–Crippen LogP) is 10.2. The summed E-state index contributed by atoms with van der Waals surface area (Å²) in [5.74, 6) is 0.834. The number of aliphatic imine (C=N–C) groups is 1. The van der Waals surface area contributed by atoms with E-state index in [9.17, 15) is 0 Å². The van der Waals surface area contributed by atoms with Crippen molar-refractivity contribution in [2.75, 3.05) is 0 Å². The van der Waals surface area contributed by atoms with Gasteiger partial charge >= 0.3 is 0 Å². The predicted molar refractivity (Wildman–Crippen MR) is 190 cm³/mol. The van der Waals surface area contributed by atoms with Crippen molar-refractivity contribution in [1.82, 2.24) is 5.32 Å². The number of hydrogen-bond donors (Lipinski definition) is 1. The minimum atomic E-state index is -0.0851. The fraction of sp³-hybridized carbons (Fsp3) is 0.140. The molecule has 0 saturated carbocycles. The molecule has 1 unspecified atom stereocenters. The van der Waals surface area contributed by atoms with Crippen LogP contribution in [0.3, 0.4) is 0 Å². The lowest BCUT2D eigenvalue weighted by molar-refractivity contribution is 0.880. The Kier molecular flexibility index (Phi) is 6.91. The Balaban J connectivity index is 1.19. The molecule has 0 fully saturated rings. The van der Waals surface area contributed by atoms with Gasteiger partial charge in [-0.1, -0.05) is 134 Å². The second kappa shape index (κ2) is 11.4. The number of nitrogens with zero attached hydrogens (tertiary/aromatic N) is 1. The van der Waals surface area contributed by atoms with E-state index in [4.69, 9.17) is 4.99 Å². The van der Waals surface area contributed by atoms with Crippen LogP contribution >= 0.6 is 0 Å². The molecule has 1 aliphatic heterocycles. The van der Waals surface area contributed by atoms with Gasteiger partial charge in [-0.05, 0) is 99.9 Å². The van der Waals surface area contributed by atoms with Gasteiger partial charge in [-0.25, -0.2) is 0 Å².